The maximum absolute atomic E-state index is 12.3. The Labute approximate surface area is 128 Å². The highest BCUT2D eigenvalue weighted by molar-refractivity contribution is 7.18. The molecule has 1 aliphatic rings. The first-order valence-electron chi connectivity index (χ1n) is 6.99. The van der Waals surface area contributed by atoms with Gasteiger partial charge in [-0.25, -0.2) is 4.98 Å². The van der Waals surface area contributed by atoms with Crippen LogP contribution >= 0.6 is 11.3 Å². The first-order valence-corrected chi connectivity index (χ1v) is 7.80. The van der Waals surface area contributed by atoms with Crippen LogP contribution in [0.5, 0.6) is 0 Å². The Morgan fingerprint density at radius 2 is 2.33 bits per heavy atom. The zero-order valence-electron chi connectivity index (χ0n) is 12.1. The van der Waals surface area contributed by atoms with Crippen molar-refractivity contribution in [3.8, 4) is 12.3 Å². The van der Waals surface area contributed by atoms with Gasteiger partial charge in [0.05, 0.1) is 13.2 Å². The highest BCUT2D eigenvalue weighted by Crippen LogP contribution is 2.28. The van der Waals surface area contributed by atoms with E-state index >= 15 is 0 Å². The van der Waals surface area contributed by atoms with Crippen LogP contribution in [0.25, 0.3) is 0 Å². The fourth-order valence-corrected chi connectivity index (χ4v) is 3.00. The van der Waals surface area contributed by atoms with Crippen LogP contribution in [0.3, 0.4) is 0 Å². The summed E-state index contributed by atoms with van der Waals surface area (Å²) in [5, 5.41) is 3.68. The van der Waals surface area contributed by atoms with Gasteiger partial charge in [0.2, 0.25) is 0 Å². The maximum atomic E-state index is 12.3. The largest absolute Gasteiger partial charge is 0.382 e. The fourth-order valence-electron chi connectivity index (χ4n) is 2.06. The van der Waals surface area contributed by atoms with E-state index in [1.165, 1.54) is 11.3 Å². The summed E-state index contributed by atoms with van der Waals surface area (Å²) >= 11 is 1.32. The Kier molecular flexibility index (Phi) is 5.42. The van der Waals surface area contributed by atoms with Gasteiger partial charge in [0.1, 0.15) is 10.7 Å². The van der Waals surface area contributed by atoms with Crippen molar-refractivity contribution in [2.45, 2.75) is 25.8 Å². The molecule has 1 aromatic heterocycles. The molecule has 1 saturated heterocycles. The third kappa shape index (κ3) is 3.86. The lowest BCUT2D eigenvalue weighted by molar-refractivity contribution is 0.0941. The minimum atomic E-state index is -0.202. The van der Waals surface area contributed by atoms with E-state index in [1.807, 2.05) is 6.92 Å². The SMILES string of the molecule is C#CCC(CC)NC(=O)c1sc(N2CCOCC2)nc1N. The molecule has 1 atom stereocenters. The number of hydrogen-bond donors (Lipinski definition) is 2. The molecule has 2 rings (SSSR count). The molecule has 1 unspecified atom stereocenters. The highest BCUT2D eigenvalue weighted by Gasteiger charge is 2.22. The van der Waals surface area contributed by atoms with Crippen LogP contribution in [-0.4, -0.2) is 43.2 Å². The summed E-state index contributed by atoms with van der Waals surface area (Å²) < 4.78 is 5.31. The molecule has 6 nitrogen and oxygen atoms in total. The van der Waals surface area contributed by atoms with Crippen molar-refractivity contribution in [3.63, 3.8) is 0 Å². The molecule has 0 aliphatic carbocycles. The molecular formula is C14H20N4O2S. The van der Waals surface area contributed by atoms with E-state index < -0.39 is 0 Å². The van der Waals surface area contributed by atoms with Crippen LogP contribution in [0.15, 0.2) is 0 Å². The van der Waals surface area contributed by atoms with E-state index in [0.29, 0.717) is 24.5 Å². The van der Waals surface area contributed by atoms with Crippen LogP contribution in [0, 0.1) is 12.3 Å². The van der Waals surface area contributed by atoms with E-state index in [9.17, 15) is 4.79 Å². The molecule has 1 aromatic rings. The van der Waals surface area contributed by atoms with Gasteiger partial charge < -0.3 is 20.7 Å². The molecule has 1 amide bonds. The number of hydrogen-bond acceptors (Lipinski definition) is 6. The minimum Gasteiger partial charge on any atom is -0.382 e. The van der Waals surface area contributed by atoms with Gasteiger partial charge in [-0.15, -0.1) is 12.3 Å². The quantitative estimate of drug-likeness (QED) is 0.796. The fraction of sp³-hybridized carbons (Fsp3) is 0.571. The van der Waals surface area contributed by atoms with E-state index in [2.05, 4.69) is 21.1 Å². The standard InChI is InChI=1S/C14H20N4O2S/c1-3-5-10(4-2)16-13(19)11-12(15)17-14(21-11)18-6-8-20-9-7-18/h1,10H,4-9,15H2,2H3,(H,16,19). The number of terminal acetylenes is 1. The summed E-state index contributed by atoms with van der Waals surface area (Å²) in [6.45, 7) is 4.85. The number of nitrogens with zero attached hydrogens (tertiary/aromatic N) is 2. The van der Waals surface area contributed by atoms with Gasteiger partial charge in [0, 0.05) is 25.6 Å². The summed E-state index contributed by atoms with van der Waals surface area (Å²) in [6, 6.07) is -0.0316. The van der Waals surface area contributed by atoms with Crippen molar-refractivity contribution < 1.29 is 9.53 Å². The van der Waals surface area contributed by atoms with Gasteiger partial charge in [-0.2, -0.15) is 0 Å². The third-order valence-electron chi connectivity index (χ3n) is 3.32. The predicted molar refractivity (Wildman–Crippen MR) is 84.6 cm³/mol. The molecule has 3 N–H and O–H groups in total. The molecule has 0 bridgehead atoms. The predicted octanol–water partition coefficient (Wildman–Crippen LogP) is 1.09. The van der Waals surface area contributed by atoms with Crippen LogP contribution in [0.4, 0.5) is 10.9 Å². The number of carbonyl (C=O) groups is 1. The lowest BCUT2D eigenvalue weighted by Crippen LogP contribution is -2.36. The Balaban J connectivity index is 2.07. The van der Waals surface area contributed by atoms with Gasteiger partial charge >= 0.3 is 0 Å². The Bertz CT molecular complexity index is 532. The zero-order chi connectivity index (χ0) is 15.2. The van der Waals surface area contributed by atoms with E-state index in [1.54, 1.807) is 0 Å². The second-order valence-corrected chi connectivity index (χ2v) is 5.77. The van der Waals surface area contributed by atoms with Crippen molar-refractivity contribution >= 4 is 28.2 Å². The summed E-state index contributed by atoms with van der Waals surface area (Å²) in [7, 11) is 0. The second-order valence-electron chi connectivity index (χ2n) is 4.80. The number of nitrogens with one attached hydrogen (secondary N) is 1. The number of nitrogen functional groups attached to an aromatic ring is 1. The van der Waals surface area contributed by atoms with Crippen molar-refractivity contribution in [1.82, 2.24) is 10.3 Å². The van der Waals surface area contributed by atoms with Crippen molar-refractivity contribution in [3.05, 3.63) is 4.88 Å². The molecule has 7 heteroatoms. The molecule has 1 fully saturated rings. The van der Waals surface area contributed by atoms with Gasteiger partial charge in [-0.3, -0.25) is 4.79 Å². The topological polar surface area (TPSA) is 80.5 Å². The van der Waals surface area contributed by atoms with E-state index in [4.69, 9.17) is 16.9 Å². The van der Waals surface area contributed by atoms with Crippen molar-refractivity contribution in [1.29, 1.82) is 0 Å². The van der Waals surface area contributed by atoms with E-state index in [0.717, 1.165) is 24.6 Å². The Morgan fingerprint density at radius 3 is 2.95 bits per heavy atom. The number of ether oxygens (including phenoxy) is 1. The molecule has 2 heterocycles. The van der Waals surface area contributed by atoms with Crippen LogP contribution in [0.2, 0.25) is 0 Å². The van der Waals surface area contributed by atoms with Crippen LogP contribution in [0.1, 0.15) is 29.4 Å². The number of nitrogens with two attached hydrogens (primary N) is 1. The molecule has 0 spiro atoms. The first-order chi connectivity index (χ1) is 10.2. The summed E-state index contributed by atoms with van der Waals surface area (Å²) in [6.07, 6.45) is 6.59. The lowest BCUT2D eigenvalue weighted by Gasteiger charge is -2.25. The average molecular weight is 308 g/mol. The average Bonchev–Trinajstić information content (AvgIpc) is 2.89. The van der Waals surface area contributed by atoms with Crippen molar-refractivity contribution in [2.24, 2.45) is 0 Å². The molecule has 0 aromatic carbocycles. The second kappa shape index (κ2) is 7.29. The number of morpholine rings is 1. The Morgan fingerprint density at radius 1 is 1.62 bits per heavy atom. The normalized spacial score (nSPS) is 16.3. The number of aromatic nitrogens is 1. The van der Waals surface area contributed by atoms with Gasteiger partial charge in [0.25, 0.3) is 5.91 Å². The highest BCUT2D eigenvalue weighted by atomic mass is 32.1. The Hall–Kier alpha value is -1.78. The summed E-state index contributed by atoms with van der Waals surface area (Å²) in [5.74, 6) is 2.64. The molecule has 114 valence electrons. The number of carbonyl (C=O) groups excluding carboxylic acids is 1. The van der Waals surface area contributed by atoms with Gasteiger partial charge in [-0.1, -0.05) is 18.3 Å². The number of thiazole rings is 1. The van der Waals surface area contributed by atoms with E-state index in [-0.39, 0.29) is 17.8 Å². The molecule has 0 saturated carbocycles. The molecule has 0 radical (unpaired) electrons. The van der Waals surface area contributed by atoms with Crippen LogP contribution in [-0.2, 0) is 4.74 Å². The lowest BCUT2D eigenvalue weighted by atomic mass is 10.1. The van der Waals surface area contributed by atoms with Crippen LogP contribution < -0.4 is 16.0 Å². The number of amides is 1. The minimum absolute atomic E-state index is 0.0316. The summed E-state index contributed by atoms with van der Waals surface area (Å²) in [5.41, 5.74) is 5.88. The first kappa shape index (κ1) is 15.6. The molecular weight excluding hydrogens is 288 g/mol. The van der Waals surface area contributed by atoms with Gasteiger partial charge in [0.15, 0.2) is 5.13 Å². The van der Waals surface area contributed by atoms with Gasteiger partial charge in [-0.05, 0) is 6.42 Å². The maximum Gasteiger partial charge on any atom is 0.265 e. The molecule has 21 heavy (non-hydrogen) atoms. The molecule has 1 aliphatic heterocycles. The third-order valence-corrected chi connectivity index (χ3v) is 4.45. The summed E-state index contributed by atoms with van der Waals surface area (Å²) in [4.78, 5) is 19.1. The number of anilines is 2. The van der Waals surface area contributed by atoms with Crippen molar-refractivity contribution in [2.75, 3.05) is 36.9 Å². The monoisotopic (exact) mass is 308 g/mol. The number of rotatable bonds is 5. The zero-order valence-corrected chi connectivity index (χ0v) is 12.9. The smallest absolute Gasteiger partial charge is 0.265 e.